The lowest BCUT2D eigenvalue weighted by atomic mass is 9.91. The van der Waals surface area contributed by atoms with Crippen LogP contribution in [-0.4, -0.2) is 34.8 Å². The average Bonchev–Trinajstić information content (AvgIpc) is 2.60. The van der Waals surface area contributed by atoms with Crippen LogP contribution < -0.4 is 5.32 Å². The van der Waals surface area contributed by atoms with Crippen LogP contribution in [0.3, 0.4) is 0 Å². The molecule has 132 valence electrons. The van der Waals surface area contributed by atoms with Gasteiger partial charge >= 0.3 is 0 Å². The second kappa shape index (κ2) is 7.21. The molecule has 1 saturated heterocycles. The van der Waals surface area contributed by atoms with Gasteiger partial charge in [-0.25, -0.2) is 0 Å². The highest BCUT2D eigenvalue weighted by Gasteiger charge is 2.27. The number of aromatic nitrogens is 1. The number of amides is 2. The van der Waals surface area contributed by atoms with Gasteiger partial charge in [-0.2, -0.15) is 0 Å². The van der Waals surface area contributed by atoms with Gasteiger partial charge in [0, 0.05) is 37.2 Å². The maximum Gasteiger partial charge on any atom is 0.225 e. The van der Waals surface area contributed by atoms with E-state index in [9.17, 15) is 9.59 Å². The molecule has 5 heteroatoms. The summed E-state index contributed by atoms with van der Waals surface area (Å²) in [5, 5.41) is 3.95. The number of nitrogens with one attached hydrogen (secondary N) is 1. The van der Waals surface area contributed by atoms with E-state index in [0.717, 1.165) is 48.2 Å². The van der Waals surface area contributed by atoms with Gasteiger partial charge in [0.25, 0.3) is 0 Å². The molecule has 0 radical (unpaired) electrons. The molecule has 0 bridgehead atoms. The zero-order valence-electron chi connectivity index (χ0n) is 15.1. The molecule has 0 spiro atoms. The summed E-state index contributed by atoms with van der Waals surface area (Å²) in [5.41, 5.74) is 2.66. The van der Waals surface area contributed by atoms with Crippen LogP contribution >= 0.6 is 0 Å². The van der Waals surface area contributed by atoms with Crippen molar-refractivity contribution in [3.05, 3.63) is 36.0 Å². The smallest absolute Gasteiger partial charge is 0.225 e. The average molecular weight is 339 g/mol. The Bertz CT molecular complexity index is 793. The quantitative estimate of drug-likeness (QED) is 0.930. The summed E-state index contributed by atoms with van der Waals surface area (Å²) < 4.78 is 0. The topological polar surface area (TPSA) is 62.3 Å². The molecule has 0 aliphatic carbocycles. The van der Waals surface area contributed by atoms with Crippen LogP contribution in [0.5, 0.6) is 0 Å². The molecule has 0 atom stereocenters. The van der Waals surface area contributed by atoms with Gasteiger partial charge in [0.1, 0.15) is 0 Å². The van der Waals surface area contributed by atoms with Gasteiger partial charge < -0.3 is 10.2 Å². The molecule has 5 nitrogen and oxygen atoms in total. The minimum Gasteiger partial charge on any atom is -0.342 e. The Balaban J connectivity index is 1.87. The highest BCUT2D eigenvalue weighted by atomic mass is 16.2. The van der Waals surface area contributed by atoms with Gasteiger partial charge in [0.05, 0.1) is 16.9 Å². The Morgan fingerprint density at radius 1 is 1.20 bits per heavy atom. The molecule has 0 unspecified atom stereocenters. The van der Waals surface area contributed by atoms with Crippen LogP contribution in [0.1, 0.15) is 45.2 Å². The Kier molecular flexibility index (Phi) is 5.02. The predicted molar refractivity (Wildman–Crippen MR) is 99.4 cm³/mol. The number of likely N-dealkylation sites (tertiary alicyclic amines) is 1. The van der Waals surface area contributed by atoms with Gasteiger partial charge in [-0.1, -0.05) is 32.0 Å². The van der Waals surface area contributed by atoms with Crippen LogP contribution in [0.25, 0.3) is 10.9 Å². The first-order valence-corrected chi connectivity index (χ1v) is 8.91. The second-order valence-electron chi connectivity index (χ2n) is 7.05. The van der Waals surface area contributed by atoms with Crippen molar-refractivity contribution in [1.82, 2.24) is 9.88 Å². The van der Waals surface area contributed by atoms with Crippen LogP contribution in [0.4, 0.5) is 5.69 Å². The maximum absolute atomic E-state index is 12.2. The van der Waals surface area contributed by atoms with E-state index < -0.39 is 0 Å². The lowest BCUT2D eigenvalue weighted by molar-refractivity contribution is -0.135. The minimum atomic E-state index is -0.0919. The monoisotopic (exact) mass is 339 g/mol. The number of carbonyl (C=O) groups excluding carboxylic acids is 2. The fourth-order valence-corrected chi connectivity index (χ4v) is 3.47. The normalized spacial score (nSPS) is 15.6. The zero-order chi connectivity index (χ0) is 18.0. The van der Waals surface area contributed by atoms with Crippen molar-refractivity contribution < 1.29 is 9.59 Å². The number of rotatable bonds is 3. The van der Waals surface area contributed by atoms with Crippen molar-refractivity contribution in [3.63, 3.8) is 0 Å². The molecule has 2 aromatic rings. The molecule has 1 aliphatic heterocycles. The molecular weight excluding hydrogens is 314 g/mol. The summed E-state index contributed by atoms with van der Waals surface area (Å²) in [6, 6.07) is 9.94. The summed E-state index contributed by atoms with van der Waals surface area (Å²) in [7, 11) is 0. The van der Waals surface area contributed by atoms with E-state index >= 15 is 0 Å². The molecule has 1 fully saturated rings. The van der Waals surface area contributed by atoms with E-state index in [0.29, 0.717) is 0 Å². The lowest BCUT2D eigenvalue weighted by Gasteiger charge is -2.33. The maximum atomic E-state index is 12.2. The fourth-order valence-electron chi connectivity index (χ4n) is 3.47. The molecule has 2 amide bonds. The van der Waals surface area contributed by atoms with E-state index in [4.69, 9.17) is 4.98 Å². The number of carbonyl (C=O) groups is 2. The Labute approximate surface area is 148 Å². The SMILES string of the molecule is CC(=O)Nc1cc2ccccc2nc1C1CCN(C(=O)C(C)C)CC1. The first-order chi connectivity index (χ1) is 12.0. The summed E-state index contributed by atoms with van der Waals surface area (Å²) in [6.45, 7) is 6.89. The molecular formula is C20H25N3O2. The van der Waals surface area contributed by atoms with Crippen molar-refractivity contribution in [3.8, 4) is 0 Å². The molecule has 3 rings (SSSR count). The standard InChI is InChI=1S/C20H25N3O2/c1-13(2)20(25)23-10-8-15(9-11-23)19-18(21-14(3)24)12-16-6-4-5-7-17(16)22-19/h4-7,12-13,15H,8-11H2,1-3H3,(H,21,24). The molecule has 1 aliphatic rings. The van der Waals surface area contributed by atoms with Crippen LogP contribution in [-0.2, 0) is 9.59 Å². The number of pyridine rings is 1. The number of benzene rings is 1. The first-order valence-electron chi connectivity index (χ1n) is 8.91. The number of hydrogen-bond donors (Lipinski definition) is 1. The van der Waals surface area contributed by atoms with Crippen molar-refractivity contribution in [1.29, 1.82) is 0 Å². The van der Waals surface area contributed by atoms with E-state index in [-0.39, 0.29) is 23.7 Å². The van der Waals surface area contributed by atoms with Gasteiger partial charge in [0.15, 0.2) is 0 Å². The summed E-state index contributed by atoms with van der Waals surface area (Å²) in [5.74, 6) is 0.408. The van der Waals surface area contributed by atoms with E-state index in [1.165, 1.54) is 6.92 Å². The number of para-hydroxylation sites is 1. The first kappa shape index (κ1) is 17.4. The van der Waals surface area contributed by atoms with Crippen LogP contribution in [0, 0.1) is 5.92 Å². The van der Waals surface area contributed by atoms with Crippen molar-refractivity contribution in [2.45, 2.75) is 39.5 Å². The van der Waals surface area contributed by atoms with Crippen LogP contribution in [0.15, 0.2) is 30.3 Å². The number of nitrogens with zero attached hydrogens (tertiary/aromatic N) is 2. The molecule has 2 heterocycles. The number of fused-ring (bicyclic) bond motifs is 1. The van der Waals surface area contributed by atoms with Gasteiger partial charge in [0.2, 0.25) is 11.8 Å². The summed E-state index contributed by atoms with van der Waals surface area (Å²) in [4.78, 5) is 30.6. The molecule has 1 aromatic heterocycles. The largest absolute Gasteiger partial charge is 0.342 e. The van der Waals surface area contributed by atoms with E-state index in [2.05, 4.69) is 5.32 Å². The van der Waals surface area contributed by atoms with Gasteiger partial charge in [-0.3, -0.25) is 14.6 Å². The summed E-state index contributed by atoms with van der Waals surface area (Å²) in [6.07, 6.45) is 1.74. The number of anilines is 1. The molecule has 1 aromatic carbocycles. The third-order valence-electron chi connectivity index (χ3n) is 4.75. The highest BCUT2D eigenvalue weighted by molar-refractivity contribution is 5.93. The van der Waals surface area contributed by atoms with Crippen molar-refractivity contribution in [2.75, 3.05) is 18.4 Å². The Hall–Kier alpha value is -2.43. The highest BCUT2D eigenvalue weighted by Crippen LogP contribution is 2.34. The molecule has 0 saturated carbocycles. The second-order valence-corrected chi connectivity index (χ2v) is 7.05. The third kappa shape index (κ3) is 3.81. The minimum absolute atomic E-state index is 0.0327. The predicted octanol–water partition coefficient (Wildman–Crippen LogP) is 3.56. The van der Waals surface area contributed by atoms with E-state index in [1.807, 2.05) is 49.1 Å². The lowest BCUT2D eigenvalue weighted by Crippen LogP contribution is -2.40. The zero-order valence-corrected chi connectivity index (χ0v) is 15.1. The third-order valence-corrected chi connectivity index (χ3v) is 4.75. The Morgan fingerprint density at radius 3 is 2.52 bits per heavy atom. The molecule has 25 heavy (non-hydrogen) atoms. The van der Waals surface area contributed by atoms with E-state index in [1.54, 1.807) is 0 Å². The Morgan fingerprint density at radius 2 is 1.88 bits per heavy atom. The molecule has 1 N–H and O–H groups in total. The summed E-state index contributed by atoms with van der Waals surface area (Å²) >= 11 is 0. The van der Waals surface area contributed by atoms with Gasteiger partial charge in [-0.15, -0.1) is 0 Å². The van der Waals surface area contributed by atoms with Gasteiger partial charge in [-0.05, 0) is 25.0 Å². The number of piperidine rings is 1. The van der Waals surface area contributed by atoms with Crippen molar-refractivity contribution in [2.24, 2.45) is 5.92 Å². The van der Waals surface area contributed by atoms with Crippen LogP contribution in [0.2, 0.25) is 0 Å². The fraction of sp³-hybridized carbons (Fsp3) is 0.450. The van der Waals surface area contributed by atoms with Crippen molar-refractivity contribution >= 4 is 28.4 Å². The number of hydrogen-bond acceptors (Lipinski definition) is 3.